The summed E-state index contributed by atoms with van der Waals surface area (Å²) in [5.41, 5.74) is -2.73. The first-order chi connectivity index (χ1) is 25.9. The number of hydrogen-bond donors (Lipinski definition) is 3. The zero-order valence-electron chi connectivity index (χ0n) is 30.8. The molecule has 0 saturated heterocycles. The van der Waals surface area contributed by atoms with Gasteiger partial charge in [0.1, 0.15) is 36.2 Å². The summed E-state index contributed by atoms with van der Waals surface area (Å²) in [6.45, 7) is 6.59. The second kappa shape index (κ2) is 13.1. The molecular formula is C44H43NO9. The van der Waals surface area contributed by atoms with Gasteiger partial charge < -0.3 is 34.1 Å². The van der Waals surface area contributed by atoms with Crippen LogP contribution < -0.4 is 14.2 Å². The number of ketones is 2. The highest BCUT2D eigenvalue weighted by Gasteiger charge is 2.68. The van der Waals surface area contributed by atoms with E-state index in [0.29, 0.717) is 23.1 Å². The summed E-state index contributed by atoms with van der Waals surface area (Å²) in [5.74, 6) is -1.55. The molecule has 54 heavy (non-hydrogen) atoms. The fraction of sp³-hybridized carbons (Fsp3) is 0.341. The molecule has 1 aromatic heterocycles. The molecule has 1 heterocycles. The fourth-order valence-electron chi connectivity index (χ4n) is 8.74. The van der Waals surface area contributed by atoms with Crippen LogP contribution in [0.1, 0.15) is 93.8 Å². The molecule has 4 aromatic carbocycles. The average Bonchev–Trinajstić information content (AvgIpc) is 3.76. The van der Waals surface area contributed by atoms with Crippen LogP contribution in [0.4, 0.5) is 0 Å². The summed E-state index contributed by atoms with van der Waals surface area (Å²) in [6.07, 6.45) is 5.05. The Morgan fingerprint density at radius 1 is 0.870 bits per heavy atom. The predicted octanol–water partition coefficient (Wildman–Crippen LogP) is 7.36. The Morgan fingerprint density at radius 3 is 2.15 bits per heavy atom. The number of methoxy groups -OCH3 is 1. The van der Waals surface area contributed by atoms with Crippen LogP contribution in [0.5, 0.6) is 23.1 Å². The number of carbonyl (C=O) groups is 2. The lowest BCUT2D eigenvalue weighted by Gasteiger charge is -2.47. The average molecular weight is 730 g/mol. The van der Waals surface area contributed by atoms with Crippen molar-refractivity contribution in [2.75, 3.05) is 7.11 Å². The molecule has 3 unspecified atom stereocenters. The quantitative estimate of drug-likeness (QED) is 0.118. The lowest BCUT2D eigenvalue weighted by molar-refractivity contribution is -0.109. The Kier molecular flexibility index (Phi) is 8.66. The number of aromatic nitrogens is 1. The third-order valence-electron chi connectivity index (χ3n) is 11.8. The molecule has 0 aliphatic heterocycles. The molecule has 10 nitrogen and oxygen atoms in total. The molecule has 0 radical (unpaired) electrons. The van der Waals surface area contributed by atoms with E-state index in [-0.39, 0.29) is 64.0 Å². The van der Waals surface area contributed by atoms with Crippen LogP contribution in [0, 0.1) is 5.41 Å². The maximum atomic E-state index is 14.9. The van der Waals surface area contributed by atoms with E-state index in [1.54, 1.807) is 13.2 Å². The molecular weight excluding hydrogens is 686 g/mol. The summed E-state index contributed by atoms with van der Waals surface area (Å²) in [5, 5.41) is 41.9. The van der Waals surface area contributed by atoms with Crippen LogP contribution in [0.15, 0.2) is 83.4 Å². The number of phenols is 1. The zero-order valence-corrected chi connectivity index (χ0v) is 30.8. The van der Waals surface area contributed by atoms with Crippen LogP contribution in [-0.2, 0) is 32.5 Å². The Labute approximate surface area is 313 Å². The fourth-order valence-corrected chi connectivity index (χ4v) is 8.74. The van der Waals surface area contributed by atoms with Crippen molar-refractivity contribution >= 4 is 22.3 Å². The summed E-state index contributed by atoms with van der Waals surface area (Å²) in [7, 11) is 1.57. The molecule has 3 aliphatic carbocycles. The van der Waals surface area contributed by atoms with Crippen molar-refractivity contribution in [2.24, 2.45) is 5.41 Å². The van der Waals surface area contributed by atoms with Crippen molar-refractivity contribution in [1.82, 2.24) is 5.16 Å². The van der Waals surface area contributed by atoms with Gasteiger partial charge in [-0.2, -0.15) is 0 Å². The maximum absolute atomic E-state index is 14.9. The van der Waals surface area contributed by atoms with Gasteiger partial charge in [-0.25, -0.2) is 0 Å². The van der Waals surface area contributed by atoms with Crippen LogP contribution >= 0.6 is 0 Å². The summed E-state index contributed by atoms with van der Waals surface area (Å²) >= 11 is 0. The lowest BCUT2D eigenvalue weighted by Crippen LogP contribution is -2.70. The summed E-state index contributed by atoms with van der Waals surface area (Å²) in [4.78, 5) is 29.8. The lowest BCUT2D eigenvalue weighted by atomic mass is 9.60. The minimum absolute atomic E-state index is 0.0491. The van der Waals surface area contributed by atoms with Gasteiger partial charge in [0, 0.05) is 35.4 Å². The Hall–Kier alpha value is -5.45. The molecule has 0 fully saturated rings. The maximum Gasteiger partial charge on any atom is 0.258 e. The Balaban J connectivity index is 1.29. The second-order valence-electron chi connectivity index (χ2n) is 15.3. The minimum atomic E-state index is -2.66. The topological polar surface area (TPSA) is 149 Å². The van der Waals surface area contributed by atoms with E-state index >= 15 is 0 Å². The van der Waals surface area contributed by atoms with E-state index in [0.717, 1.165) is 29.5 Å². The van der Waals surface area contributed by atoms with Gasteiger partial charge in [-0.05, 0) is 59.4 Å². The molecule has 0 bridgehead atoms. The third kappa shape index (κ3) is 5.33. The zero-order chi connectivity index (χ0) is 38.0. The first-order valence-electron chi connectivity index (χ1n) is 18.3. The van der Waals surface area contributed by atoms with Gasteiger partial charge >= 0.3 is 0 Å². The number of hydrogen-bond acceptors (Lipinski definition) is 10. The third-order valence-corrected chi connectivity index (χ3v) is 11.8. The molecule has 5 aromatic rings. The number of nitrogens with zero attached hydrogens (tertiary/aromatic N) is 1. The first-order valence-corrected chi connectivity index (χ1v) is 18.3. The number of carbonyl (C=O) groups excluding carboxylic acids is 2. The number of aromatic hydroxyl groups is 1. The molecule has 8 rings (SSSR count). The number of phenolic OH excluding ortho intramolecular Hbond substituents is 1. The molecule has 3 atom stereocenters. The molecule has 3 N–H and O–H groups in total. The molecule has 10 heteroatoms. The van der Waals surface area contributed by atoms with Crippen LogP contribution in [0.3, 0.4) is 0 Å². The van der Waals surface area contributed by atoms with Crippen molar-refractivity contribution in [1.29, 1.82) is 0 Å². The molecule has 3 aliphatic rings. The normalized spacial score (nSPS) is 21.6. The van der Waals surface area contributed by atoms with E-state index < -0.39 is 41.4 Å². The van der Waals surface area contributed by atoms with Gasteiger partial charge in [0.25, 0.3) is 5.88 Å². The van der Waals surface area contributed by atoms with Gasteiger partial charge in [-0.1, -0.05) is 86.7 Å². The number of rotatable bonds is 11. The molecule has 0 saturated carbocycles. The van der Waals surface area contributed by atoms with Crippen LogP contribution in [-0.4, -0.2) is 50.4 Å². The van der Waals surface area contributed by atoms with Crippen molar-refractivity contribution in [3.63, 3.8) is 0 Å². The van der Waals surface area contributed by atoms with Gasteiger partial charge in [0.2, 0.25) is 5.78 Å². The molecule has 0 spiro atoms. The smallest absolute Gasteiger partial charge is 0.258 e. The minimum Gasteiger partial charge on any atom is -0.506 e. The number of benzene rings is 4. The van der Waals surface area contributed by atoms with Crippen molar-refractivity contribution in [3.05, 3.63) is 124 Å². The van der Waals surface area contributed by atoms with Gasteiger partial charge in [0.15, 0.2) is 17.0 Å². The highest BCUT2D eigenvalue weighted by molar-refractivity contribution is 6.28. The highest BCUT2D eigenvalue weighted by atomic mass is 16.5. The van der Waals surface area contributed by atoms with E-state index in [1.807, 2.05) is 73.7 Å². The standard InChI is InChI=1S/C44H43NO9/c1-5-6-13-18-42(2,3)29-19-27-33-35(29)30(51-4)20-31(52-23-25-14-9-7-10-15-25)36(33)38(46)37-34(27)39(47)44(50)22-32-28(21-43(44,49)40(37)48)41(45-54-32)53-24-26-16-11-8-12-17-26/h5-12,14-17,20,29,46,49-50H,13,18-19,21-24H2,1-4H3/b6-5+. The van der Waals surface area contributed by atoms with Crippen molar-refractivity contribution < 1.29 is 43.6 Å². The van der Waals surface area contributed by atoms with E-state index in [2.05, 4.69) is 25.1 Å². The van der Waals surface area contributed by atoms with E-state index in [9.17, 15) is 24.9 Å². The molecule has 278 valence electrons. The Morgan fingerprint density at radius 2 is 1.50 bits per heavy atom. The number of Topliss-reactive ketones (excluding diaryl/α,β-unsaturated/α-hetero) is 2. The van der Waals surface area contributed by atoms with Crippen molar-refractivity contribution in [3.8, 4) is 23.1 Å². The number of fused-ring (bicyclic) bond motifs is 4. The van der Waals surface area contributed by atoms with E-state index in [4.69, 9.17) is 18.7 Å². The van der Waals surface area contributed by atoms with E-state index in [1.165, 1.54) is 0 Å². The Bertz CT molecular complexity index is 2330. The van der Waals surface area contributed by atoms with Gasteiger partial charge in [-0.15, -0.1) is 0 Å². The van der Waals surface area contributed by atoms with Crippen LogP contribution in [0.25, 0.3) is 10.8 Å². The number of aliphatic hydroxyl groups is 2. The SMILES string of the molecule is C/C=C/CCC(C)(C)C1Cc2c3c(c(O)c4c(OCc5ccccc5)cc(OC)c1c24)C(=O)C1(O)Cc2c(OCc4ccccc4)noc2CC1(O)C3=O. The monoisotopic (exact) mass is 729 g/mol. The van der Waals surface area contributed by atoms with Crippen LogP contribution in [0.2, 0.25) is 0 Å². The van der Waals surface area contributed by atoms with Gasteiger partial charge in [0.05, 0.1) is 23.6 Å². The number of ether oxygens (including phenoxy) is 3. The predicted molar refractivity (Wildman–Crippen MR) is 200 cm³/mol. The number of allylic oxidation sites excluding steroid dienone is 2. The first kappa shape index (κ1) is 35.6. The summed E-state index contributed by atoms with van der Waals surface area (Å²) < 4.78 is 23.9. The van der Waals surface area contributed by atoms with Gasteiger partial charge in [-0.3, -0.25) is 9.59 Å². The van der Waals surface area contributed by atoms with Crippen molar-refractivity contribution in [2.45, 2.75) is 83.2 Å². The molecule has 0 amide bonds. The second-order valence-corrected chi connectivity index (χ2v) is 15.3. The highest BCUT2D eigenvalue weighted by Crippen LogP contribution is 2.60. The largest absolute Gasteiger partial charge is 0.506 e. The summed E-state index contributed by atoms with van der Waals surface area (Å²) in [6, 6.07) is 20.7.